The number of benzene rings is 1. The fraction of sp³-hybridized carbons (Fsp3) is 0.429. The zero-order valence-corrected chi connectivity index (χ0v) is 15.7. The van der Waals surface area contributed by atoms with Gasteiger partial charge in [0.15, 0.2) is 0 Å². The normalized spacial score (nSPS) is 30.2. The Morgan fingerprint density at radius 2 is 1.78 bits per heavy atom. The Labute approximate surface area is 155 Å². The van der Waals surface area contributed by atoms with Gasteiger partial charge in [0.05, 0.1) is 0 Å². The number of phenols is 1. The number of rotatable bonds is 4. The summed E-state index contributed by atoms with van der Waals surface area (Å²) in [5.41, 5.74) is -0.277. The summed E-state index contributed by atoms with van der Waals surface area (Å²) in [7, 11) is 0. The zero-order valence-electron chi connectivity index (χ0n) is 13.8. The van der Waals surface area contributed by atoms with Crippen molar-refractivity contribution in [3.8, 4) is 5.75 Å². The van der Waals surface area contributed by atoms with Crippen molar-refractivity contribution in [2.75, 3.05) is 5.32 Å². The number of phenolic OH excluding ortho intramolecular Hbond substituents is 1. The number of aliphatic hydroxyl groups excluding tert-OH is 4. The number of anilines is 1. The molecular weight excluding hydrogens is 433 g/mol. The summed E-state index contributed by atoms with van der Waals surface area (Å²) in [6.45, 7) is 1.11. The van der Waals surface area contributed by atoms with E-state index in [0.717, 1.165) is 25.1 Å². The summed E-state index contributed by atoms with van der Waals surface area (Å²) < 4.78 is 31.4. The number of nitrogens with one attached hydrogen (secondary N) is 1. The molecule has 1 saturated heterocycles. The Kier molecular flexibility index (Phi) is 6.32. The fourth-order valence-electron chi connectivity index (χ4n) is 2.34. The quantitative estimate of drug-likeness (QED) is 0.222. The molecule has 2 rings (SSSR count). The van der Waals surface area contributed by atoms with Crippen LogP contribution >= 0.6 is 0 Å². The Hall–Kier alpha value is -1.92. The molecule has 0 bridgehead atoms. The third kappa shape index (κ3) is 4.68. The molecule has 27 heavy (non-hydrogen) atoms. The second-order valence-electron chi connectivity index (χ2n) is 5.73. The van der Waals surface area contributed by atoms with Gasteiger partial charge in [-0.15, -0.1) is 0 Å². The van der Waals surface area contributed by atoms with E-state index in [9.17, 15) is 43.0 Å². The molecule has 1 aliphatic rings. The molecule has 1 heterocycles. The van der Waals surface area contributed by atoms with Gasteiger partial charge in [0.1, 0.15) is 0 Å². The summed E-state index contributed by atoms with van der Waals surface area (Å²) in [5, 5.41) is 49.8. The standard InChI is InChI=1S/C14H18AsNO11/c1-5(17)16-8-4-6(18)2-3-7(8)15(24,25)27-14(23)12-10(20)9(19)11(21)13(22)26-12/h2-4,9-13,18-22H,1H3,(H,16,17)(H,24,25)/t9-,10-,11+,12-,13+/m0/s1. The summed E-state index contributed by atoms with van der Waals surface area (Å²) in [5.74, 6) is -2.55. The third-order valence-corrected chi connectivity index (χ3v) is 6.62. The van der Waals surface area contributed by atoms with Gasteiger partial charge >= 0.3 is 154 Å². The van der Waals surface area contributed by atoms with Crippen LogP contribution < -0.4 is 9.67 Å². The topological polar surface area (TPSA) is 203 Å². The van der Waals surface area contributed by atoms with Crippen molar-refractivity contribution in [3.63, 3.8) is 0 Å². The zero-order chi connectivity index (χ0) is 20.5. The molecule has 0 spiro atoms. The predicted octanol–water partition coefficient (Wildman–Crippen LogP) is -3.74. The van der Waals surface area contributed by atoms with E-state index >= 15 is 0 Å². The van der Waals surface area contributed by atoms with E-state index in [4.69, 9.17) is 0 Å². The third-order valence-electron chi connectivity index (χ3n) is 3.63. The first-order valence-corrected chi connectivity index (χ1v) is 10.8. The van der Waals surface area contributed by atoms with Crippen LogP contribution in [0.15, 0.2) is 18.2 Å². The van der Waals surface area contributed by atoms with Crippen molar-refractivity contribution in [3.05, 3.63) is 18.2 Å². The average molecular weight is 451 g/mol. The summed E-state index contributed by atoms with van der Waals surface area (Å²) >= 11 is -5.70. The summed E-state index contributed by atoms with van der Waals surface area (Å²) in [4.78, 5) is 23.4. The van der Waals surface area contributed by atoms with Gasteiger partial charge < -0.3 is 0 Å². The monoisotopic (exact) mass is 451 g/mol. The van der Waals surface area contributed by atoms with Gasteiger partial charge in [-0.3, -0.25) is 0 Å². The maximum atomic E-state index is 12.5. The number of carbonyl (C=O) groups excluding carboxylic acids is 2. The number of hydrogen-bond acceptors (Lipinski definition) is 10. The van der Waals surface area contributed by atoms with E-state index in [2.05, 4.69) is 13.8 Å². The molecule has 1 aromatic rings. The van der Waals surface area contributed by atoms with Crippen LogP contribution in [0.25, 0.3) is 0 Å². The number of amides is 1. The van der Waals surface area contributed by atoms with Gasteiger partial charge in [-0.1, -0.05) is 0 Å². The molecule has 1 fully saturated rings. The van der Waals surface area contributed by atoms with E-state index in [1.54, 1.807) is 0 Å². The Bertz CT molecular complexity index is 784. The molecule has 0 saturated carbocycles. The van der Waals surface area contributed by atoms with Gasteiger partial charge in [0.2, 0.25) is 0 Å². The Morgan fingerprint density at radius 1 is 1.15 bits per heavy atom. The second-order valence-corrected chi connectivity index (χ2v) is 9.31. The predicted molar refractivity (Wildman–Crippen MR) is 85.7 cm³/mol. The van der Waals surface area contributed by atoms with Crippen molar-refractivity contribution < 1.29 is 51.4 Å². The molecule has 0 aliphatic carbocycles. The van der Waals surface area contributed by atoms with Gasteiger partial charge in [0.25, 0.3) is 0 Å². The van der Waals surface area contributed by atoms with Crippen molar-refractivity contribution >= 4 is 36.1 Å². The summed E-state index contributed by atoms with van der Waals surface area (Å²) in [6.07, 6.45) is -10.0. The van der Waals surface area contributed by atoms with Gasteiger partial charge in [0, 0.05) is 0 Å². The molecule has 1 aromatic carbocycles. The van der Waals surface area contributed by atoms with Crippen LogP contribution in [0.5, 0.6) is 5.75 Å². The van der Waals surface area contributed by atoms with E-state index in [-0.39, 0.29) is 11.4 Å². The molecule has 150 valence electrons. The average Bonchev–Trinajstić information content (AvgIpc) is 2.55. The van der Waals surface area contributed by atoms with Crippen LogP contribution in [0.3, 0.4) is 0 Å². The first-order valence-electron chi connectivity index (χ1n) is 7.49. The molecule has 1 unspecified atom stereocenters. The number of aromatic hydroxyl groups is 1. The minimum atomic E-state index is -5.70. The number of ether oxygens (including phenoxy) is 1. The van der Waals surface area contributed by atoms with Crippen molar-refractivity contribution in [1.29, 1.82) is 0 Å². The van der Waals surface area contributed by atoms with Gasteiger partial charge in [-0.05, 0) is 0 Å². The second kappa shape index (κ2) is 7.98. The van der Waals surface area contributed by atoms with E-state index < -0.39 is 61.1 Å². The van der Waals surface area contributed by atoms with Crippen LogP contribution in [0, 0.1) is 0 Å². The molecule has 0 radical (unpaired) electrons. The van der Waals surface area contributed by atoms with Crippen LogP contribution in [0.2, 0.25) is 0 Å². The number of hydrogen-bond donors (Lipinski definition) is 7. The van der Waals surface area contributed by atoms with Crippen molar-refractivity contribution in [1.82, 2.24) is 0 Å². The van der Waals surface area contributed by atoms with Crippen LogP contribution in [-0.2, 0) is 21.8 Å². The Morgan fingerprint density at radius 3 is 2.37 bits per heavy atom. The van der Waals surface area contributed by atoms with Crippen molar-refractivity contribution in [2.45, 2.75) is 37.6 Å². The van der Waals surface area contributed by atoms with Crippen LogP contribution in [-0.4, -0.2) is 86.4 Å². The maximum absolute atomic E-state index is 12.5. The number of carbonyl (C=O) groups is 2. The molecule has 0 aromatic heterocycles. The van der Waals surface area contributed by atoms with Gasteiger partial charge in [-0.2, -0.15) is 0 Å². The minimum absolute atomic E-state index is 0.277. The molecule has 6 atom stereocenters. The van der Waals surface area contributed by atoms with Crippen LogP contribution in [0.4, 0.5) is 5.69 Å². The molecule has 12 nitrogen and oxygen atoms in total. The van der Waals surface area contributed by atoms with Crippen molar-refractivity contribution in [2.24, 2.45) is 0 Å². The van der Waals surface area contributed by atoms with E-state index in [1.165, 1.54) is 0 Å². The van der Waals surface area contributed by atoms with Crippen LogP contribution in [0.1, 0.15) is 6.92 Å². The SMILES string of the molecule is CC(=O)Nc1cc(O)ccc1[As](=O)(O)OC(=O)[C@H]1O[C@@H](O)[C@H](O)[C@@H](O)[C@@H]1O. The molecule has 7 N–H and O–H groups in total. The summed E-state index contributed by atoms with van der Waals surface area (Å²) in [6, 6.07) is 2.94. The molecule has 1 amide bonds. The van der Waals surface area contributed by atoms with E-state index in [0.29, 0.717) is 0 Å². The molecule has 13 heteroatoms. The molecule has 1 aliphatic heterocycles. The first kappa shape index (κ1) is 21.4. The van der Waals surface area contributed by atoms with E-state index in [1.807, 2.05) is 0 Å². The first-order chi connectivity index (χ1) is 12.4. The molecular formula is C14H18AsNO11. The fourth-order valence-corrected chi connectivity index (χ4v) is 4.72. The number of aliphatic hydroxyl groups is 4. The Balaban J connectivity index is 2.27. The van der Waals surface area contributed by atoms with Gasteiger partial charge in [-0.25, -0.2) is 0 Å².